The second kappa shape index (κ2) is 7.45. The minimum Gasteiger partial charge on any atom is -0.377 e. The van der Waals surface area contributed by atoms with Crippen LogP contribution in [-0.2, 0) is 16.1 Å². The van der Waals surface area contributed by atoms with Gasteiger partial charge in [-0.1, -0.05) is 6.07 Å². The molecule has 0 amide bonds. The minimum absolute atomic E-state index is 0.00445. The first-order chi connectivity index (χ1) is 12.4. The predicted molar refractivity (Wildman–Crippen MR) is 94.2 cm³/mol. The monoisotopic (exact) mass is 340 g/mol. The maximum Gasteiger partial charge on any atom is 0.225 e. The summed E-state index contributed by atoms with van der Waals surface area (Å²) in [6, 6.07) is 7.76. The highest BCUT2D eigenvalue weighted by molar-refractivity contribution is 5.31. The van der Waals surface area contributed by atoms with Crippen LogP contribution in [0.3, 0.4) is 0 Å². The van der Waals surface area contributed by atoms with Crippen LogP contribution in [0.1, 0.15) is 25.0 Å². The Bertz CT molecular complexity index is 670. The number of anilines is 1. The average Bonchev–Trinajstić information content (AvgIpc) is 2.69. The third-order valence-corrected chi connectivity index (χ3v) is 5.19. The van der Waals surface area contributed by atoms with Gasteiger partial charge in [-0.2, -0.15) is 0 Å². The number of pyridine rings is 1. The third kappa shape index (κ3) is 3.65. The van der Waals surface area contributed by atoms with E-state index < -0.39 is 0 Å². The van der Waals surface area contributed by atoms with Crippen molar-refractivity contribution in [2.24, 2.45) is 5.41 Å². The fraction of sp³-hybridized carbons (Fsp3) is 0.526. The highest BCUT2D eigenvalue weighted by Gasteiger charge is 2.46. The molecule has 2 saturated heterocycles. The van der Waals surface area contributed by atoms with Crippen LogP contribution in [0.4, 0.5) is 5.95 Å². The SMILES string of the molecule is c1ccc(COC[C@]23CCCO[C@H]2CCN(c2ncccn2)C3)nc1. The number of piperidine rings is 1. The normalized spacial score (nSPS) is 26.2. The number of aromatic nitrogens is 3. The average molecular weight is 340 g/mol. The molecule has 132 valence electrons. The van der Waals surface area contributed by atoms with Crippen molar-refractivity contribution in [3.63, 3.8) is 0 Å². The smallest absolute Gasteiger partial charge is 0.225 e. The highest BCUT2D eigenvalue weighted by atomic mass is 16.5. The molecule has 0 radical (unpaired) electrons. The summed E-state index contributed by atoms with van der Waals surface area (Å²) in [7, 11) is 0. The zero-order chi connectivity index (χ0) is 17.0. The molecule has 6 nitrogen and oxygen atoms in total. The summed E-state index contributed by atoms with van der Waals surface area (Å²) >= 11 is 0. The summed E-state index contributed by atoms with van der Waals surface area (Å²) in [6.07, 6.45) is 8.84. The Morgan fingerprint density at radius 3 is 2.88 bits per heavy atom. The Morgan fingerprint density at radius 1 is 1.16 bits per heavy atom. The van der Waals surface area contributed by atoms with Crippen LogP contribution >= 0.6 is 0 Å². The van der Waals surface area contributed by atoms with Gasteiger partial charge in [-0.3, -0.25) is 4.98 Å². The number of fused-ring (bicyclic) bond motifs is 1. The summed E-state index contributed by atoms with van der Waals surface area (Å²) in [5.41, 5.74) is 0.969. The van der Waals surface area contributed by atoms with Crippen molar-refractivity contribution in [3.05, 3.63) is 48.5 Å². The van der Waals surface area contributed by atoms with E-state index in [2.05, 4.69) is 19.9 Å². The lowest BCUT2D eigenvalue weighted by atomic mass is 9.73. The molecule has 2 aromatic heterocycles. The van der Waals surface area contributed by atoms with E-state index in [0.717, 1.165) is 50.6 Å². The Balaban J connectivity index is 1.46. The Kier molecular flexibility index (Phi) is 4.90. The van der Waals surface area contributed by atoms with Crippen molar-refractivity contribution in [3.8, 4) is 0 Å². The molecule has 6 heteroatoms. The van der Waals surface area contributed by atoms with E-state index in [0.29, 0.717) is 13.2 Å². The van der Waals surface area contributed by atoms with E-state index in [1.54, 1.807) is 18.6 Å². The molecule has 4 rings (SSSR count). The number of hydrogen-bond donors (Lipinski definition) is 0. The van der Waals surface area contributed by atoms with Gasteiger partial charge in [0, 0.05) is 43.7 Å². The molecule has 0 unspecified atom stereocenters. The standard InChI is InChI=1S/C19H24N4O2/c1-2-8-20-16(5-1)13-24-15-19-7-3-12-25-17(19)6-11-23(14-19)18-21-9-4-10-22-18/h1-2,4-5,8-10,17H,3,6-7,11-15H2/t17-,19+/m0/s1. The van der Waals surface area contributed by atoms with Gasteiger partial charge in [-0.05, 0) is 37.5 Å². The zero-order valence-electron chi connectivity index (χ0n) is 14.4. The molecule has 0 bridgehead atoms. The number of ether oxygens (including phenoxy) is 2. The topological polar surface area (TPSA) is 60.4 Å². The summed E-state index contributed by atoms with van der Waals surface area (Å²) in [6.45, 7) is 3.88. The zero-order valence-corrected chi connectivity index (χ0v) is 14.4. The van der Waals surface area contributed by atoms with E-state index in [1.807, 2.05) is 24.3 Å². The lowest BCUT2D eigenvalue weighted by Gasteiger charge is -2.50. The van der Waals surface area contributed by atoms with Crippen molar-refractivity contribution < 1.29 is 9.47 Å². The van der Waals surface area contributed by atoms with Crippen LogP contribution in [0.15, 0.2) is 42.9 Å². The quantitative estimate of drug-likeness (QED) is 0.833. The van der Waals surface area contributed by atoms with Crippen LogP contribution in [0.25, 0.3) is 0 Å². The molecule has 2 fully saturated rings. The maximum atomic E-state index is 6.11. The van der Waals surface area contributed by atoms with Crippen LogP contribution in [0.5, 0.6) is 0 Å². The molecule has 4 heterocycles. The fourth-order valence-corrected chi connectivity index (χ4v) is 3.97. The second-order valence-corrected chi connectivity index (χ2v) is 6.90. The predicted octanol–water partition coefficient (Wildman–Crippen LogP) is 2.46. The fourth-order valence-electron chi connectivity index (χ4n) is 3.97. The van der Waals surface area contributed by atoms with Gasteiger partial charge < -0.3 is 14.4 Å². The van der Waals surface area contributed by atoms with Gasteiger partial charge in [0.15, 0.2) is 0 Å². The molecule has 0 spiro atoms. The molecule has 25 heavy (non-hydrogen) atoms. The van der Waals surface area contributed by atoms with Gasteiger partial charge >= 0.3 is 0 Å². The molecule has 2 aliphatic heterocycles. The van der Waals surface area contributed by atoms with Crippen molar-refractivity contribution in [2.75, 3.05) is 31.2 Å². The first-order valence-corrected chi connectivity index (χ1v) is 8.97. The largest absolute Gasteiger partial charge is 0.377 e. The molecule has 2 aliphatic rings. The van der Waals surface area contributed by atoms with Crippen molar-refractivity contribution in [2.45, 2.75) is 32.0 Å². The Labute approximate surface area is 148 Å². The van der Waals surface area contributed by atoms with Crippen LogP contribution in [0.2, 0.25) is 0 Å². The van der Waals surface area contributed by atoms with Gasteiger partial charge in [-0.25, -0.2) is 9.97 Å². The summed E-state index contributed by atoms with van der Waals surface area (Å²) in [5, 5.41) is 0. The third-order valence-electron chi connectivity index (χ3n) is 5.19. The van der Waals surface area contributed by atoms with Crippen LogP contribution < -0.4 is 4.90 Å². The molecule has 0 aromatic carbocycles. The second-order valence-electron chi connectivity index (χ2n) is 6.90. The Morgan fingerprint density at radius 2 is 2.04 bits per heavy atom. The van der Waals surface area contributed by atoms with Gasteiger partial charge in [0.2, 0.25) is 5.95 Å². The van der Waals surface area contributed by atoms with E-state index >= 15 is 0 Å². The summed E-state index contributed by atoms with van der Waals surface area (Å²) < 4.78 is 12.2. The number of hydrogen-bond acceptors (Lipinski definition) is 6. The van der Waals surface area contributed by atoms with E-state index in [4.69, 9.17) is 9.47 Å². The summed E-state index contributed by atoms with van der Waals surface area (Å²) in [4.78, 5) is 15.5. The van der Waals surface area contributed by atoms with Gasteiger partial charge in [-0.15, -0.1) is 0 Å². The lowest BCUT2D eigenvalue weighted by Crippen LogP contribution is -2.57. The first-order valence-electron chi connectivity index (χ1n) is 8.97. The number of rotatable bonds is 5. The molecule has 0 N–H and O–H groups in total. The molecule has 0 aliphatic carbocycles. The highest BCUT2D eigenvalue weighted by Crippen LogP contribution is 2.41. The van der Waals surface area contributed by atoms with Gasteiger partial charge in [0.05, 0.1) is 25.0 Å². The van der Waals surface area contributed by atoms with E-state index in [-0.39, 0.29) is 11.5 Å². The maximum absolute atomic E-state index is 6.11. The summed E-state index contributed by atoms with van der Waals surface area (Å²) in [5.74, 6) is 0.802. The van der Waals surface area contributed by atoms with Gasteiger partial charge in [0.1, 0.15) is 0 Å². The van der Waals surface area contributed by atoms with Crippen molar-refractivity contribution >= 4 is 5.95 Å². The molecular weight excluding hydrogens is 316 g/mol. The van der Waals surface area contributed by atoms with Crippen LogP contribution in [-0.4, -0.2) is 47.4 Å². The van der Waals surface area contributed by atoms with Gasteiger partial charge in [0.25, 0.3) is 0 Å². The van der Waals surface area contributed by atoms with E-state index in [1.165, 1.54) is 0 Å². The molecule has 2 aromatic rings. The van der Waals surface area contributed by atoms with E-state index in [9.17, 15) is 0 Å². The van der Waals surface area contributed by atoms with Crippen molar-refractivity contribution in [1.82, 2.24) is 15.0 Å². The molecule has 0 saturated carbocycles. The molecule has 2 atom stereocenters. The van der Waals surface area contributed by atoms with Crippen molar-refractivity contribution in [1.29, 1.82) is 0 Å². The molecular formula is C19H24N4O2. The minimum atomic E-state index is 0.00445. The Hall–Kier alpha value is -2.05. The number of nitrogens with zero attached hydrogens (tertiary/aromatic N) is 4. The first kappa shape index (κ1) is 16.4. The van der Waals surface area contributed by atoms with Crippen LogP contribution in [0, 0.1) is 5.41 Å². The lowest BCUT2D eigenvalue weighted by molar-refractivity contribution is -0.128.